The third-order valence-corrected chi connectivity index (χ3v) is 3.44. The van der Waals surface area contributed by atoms with E-state index in [0.29, 0.717) is 27.9 Å². The molecule has 2 aromatic carbocycles. The lowest BCUT2D eigenvalue weighted by molar-refractivity contribution is 0.629. The Kier molecular flexibility index (Phi) is 2.41. The van der Waals surface area contributed by atoms with Gasteiger partial charge in [-0.1, -0.05) is 12.1 Å². The van der Waals surface area contributed by atoms with E-state index in [1.807, 2.05) is 18.2 Å². The summed E-state index contributed by atoms with van der Waals surface area (Å²) >= 11 is 0. The molecule has 0 saturated carbocycles. The normalized spacial score (nSPS) is 11.3. The molecule has 0 aliphatic carbocycles. The van der Waals surface area contributed by atoms with E-state index in [1.54, 1.807) is 18.2 Å². The molecule has 102 valence electrons. The second-order valence-electron chi connectivity index (χ2n) is 4.85. The number of fused-ring (bicyclic) bond motifs is 2. The first-order valence-corrected chi connectivity index (χ1v) is 6.48. The van der Waals surface area contributed by atoms with Crippen LogP contribution >= 0.6 is 0 Å². The summed E-state index contributed by atoms with van der Waals surface area (Å²) < 4.78 is 13.2. The van der Waals surface area contributed by atoms with Gasteiger partial charge < -0.3 is 9.97 Å². The average Bonchev–Trinajstić information content (AvgIpc) is 2.89. The zero-order valence-electron chi connectivity index (χ0n) is 10.9. The summed E-state index contributed by atoms with van der Waals surface area (Å²) in [6.45, 7) is 0. The van der Waals surface area contributed by atoms with Crippen molar-refractivity contribution >= 4 is 21.9 Å². The van der Waals surface area contributed by atoms with Crippen molar-refractivity contribution in [2.45, 2.75) is 0 Å². The molecule has 0 amide bonds. The van der Waals surface area contributed by atoms with Crippen molar-refractivity contribution in [3.8, 4) is 11.4 Å². The molecular weight excluding hydrogens is 269 g/mol. The van der Waals surface area contributed by atoms with E-state index >= 15 is 0 Å². The number of nitrogens with zero attached hydrogens (tertiary/aromatic N) is 1. The summed E-state index contributed by atoms with van der Waals surface area (Å²) in [4.78, 5) is 22.4. The van der Waals surface area contributed by atoms with Crippen LogP contribution in [0.5, 0.6) is 0 Å². The number of halogens is 1. The molecule has 0 aliphatic rings. The topological polar surface area (TPSA) is 61.5 Å². The van der Waals surface area contributed by atoms with Crippen LogP contribution in [0.25, 0.3) is 33.3 Å². The fourth-order valence-electron chi connectivity index (χ4n) is 2.44. The van der Waals surface area contributed by atoms with Gasteiger partial charge in [-0.3, -0.25) is 4.79 Å². The molecule has 0 bridgehead atoms. The van der Waals surface area contributed by atoms with Crippen molar-refractivity contribution in [3.05, 3.63) is 64.7 Å². The standard InChI is InChI=1S/C16H10FN3O/c17-10-6-5-9-7-14(18-13(9)8-10)15-16(21)20-12-4-2-1-3-11(12)19-15/h1-8,18H,(H,20,21). The van der Waals surface area contributed by atoms with Crippen LogP contribution < -0.4 is 5.56 Å². The van der Waals surface area contributed by atoms with E-state index in [0.717, 1.165) is 5.39 Å². The van der Waals surface area contributed by atoms with E-state index in [1.165, 1.54) is 12.1 Å². The number of rotatable bonds is 1. The fourth-order valence-corrected chi connectivity index (χ4v) is 2.44. The maximum atomic E-state index is 13.2. The van der Waals surface area contributed by atoms with Crippen LogP contribution in [-0.4, -0.2) is 15.0 Å². The quantitative estimate of drug-likeness (QED) is 0.562. The monoisotopic (exact) mass is 279 g/mol. The summed E-state index contributed by atoms with van der Waals surface area (Å²) in [6, 6.07) is 13.6. The summed E-state index contributed by atoms with van der Waals surface area (Å²) in [5, 5.41) is 0.834. The molecule has 2 heterocycles. The lowest BCUT2D eigenvalue weighted by atomic mass is 10.2. The van der Waals surface area contributed by atoms with Crippen molar-refractivity contribution in [1.29, 1.82) is 0 Å². The number of hydrogen-bond donors (Lipinski definition) is 2. The number of aromatic nitrogens is 3. The Bertz CT molecular complexity index is 1030. The Hall–Kier alpha value is -2.95. The number of H-pyrrole nitrogens is 2. The number of hydrogen-bond acceptors (Lipinski definition) is 2. The lowest BCUT2D eigenvalue weighted by Crippen LogP contribution is -2.11. The maximum Gasteiger partial charge on any atom is 0.276 e. The minimum atomic E-state index is -0.323. The predicted molar refractivity (Wildman–Crippen MR) is 79.6 cm³/mol. The van der Waals surface area contributed by atoms with E-state index in [4.69, 9.17) is 0 Å². The zero-order chi connectivity index (χ0) is 14.4. The van der Waals surface area contributed by atoms with Crippen molar-refractivity contribution in [3.63, 3.8) is 0 Å². The Morgan fingerprint density at radius 2 is 1.81 bits per heavy atom. The van der Waals surface area contributed by atoms with Gasteiger partial charge >= 0.3 is 0 Å². The smallest absolute Gasteiger partial charge is 0.276 e. The molecule has 0 spiro atoms. The second kappa shape index (κ2) is 4.28. The van der Waals surface area contributed by atoms with E-state index < -0.39 is 0 Å². The van der Waals surface area contributed by atoms with Gasteiger partial charge in [0.1, 0.15) is 5.82 Å². The van der Waals surface area contributed by atoms with Crippen LogP contribution in [0.1, 0.15) is 0 Å². The Morgan fingerprint density at radius 3 is 2.71 bits per heavy atom. The highest BCUT2D eigenvalue weighted by atomic mass is 19.1. The van der Waals surface area contributed by atoms with Gasteiger partial charge in [-0.25, -0.2) is 9.37 Å². The molecule has 0 radical (unpaired) electrons. The molecule has 2 N–H and O–H groups in total. The fraction of sp³-hybridized carbons (Fsp3) is 0. The summed E-state index contributed by atoms with van der Waals surface area (Å²) in [5.74, 6) is -0.323. The molecule has 4 rings (SSSR count). The number of para-hydroxylation sites is 2. The van der Waals surface area contributed by atoms with E-state index in [2.05, 4.69) is 15.0 Å². The Morgan fingerprint density at radius 1 is 0.952 bits per heavy atom. The van der Waals surface area contributed by atoms with Crippen LogP contribution in [-0.2, 0) is 0 Å². The molecule has 0 saturated heterocycles. The molecule has 0 atom stereocenters. The van der Waals surface area contributed by atoms with Crippen molar-refractivity contribution in [2.75, 3.05) is 0 Å². The summed E-state index contributed by atoms with van der Waals surface area (Å²) in [5.41, 5.74) is 2.62. The van der Waals surface area contributed by atoms with Crippen LogP contribution in [0.4, 0.5) is 4.39 Å². The highest BCUT2D eigenvalue weighted by Gasteiger charge is 2.10. The average molecular weight is 279 g/mol. The third-order valence-electron chi connectivity index (χ3n) is 3.44. The number of nitrogens with one attached hydrogen (secondary N) is 2. The van der Waals surface area contributed by atoms with Crippen molar-refractivity contribution < 1.29 is 4.39 Å². The first-order chi connectivity index (χ1) is 10.2. The van der Waals surface area contributed by atoms with E-state index in [-0.39, 0.29) is 11.4 Å². The van der Waals surface area contributed by atoms with Gasteiger partial charge in [0.2, 0.25) is 0 Å². The second-order valence-corrected chi connectivity index (χ2v) is 4.85. The highest BCUT2D eigenvalue weighted by molar-refractivity contribution is 5.86. The lowest BCUT2D eigenvalue weighted by Gasteiger charge is -2.00. The summed E-state index contributed by atoms with van der Waals surface area (Å²) in [7, 11) is 0. The SMILES string of the molecule is O=c1[nH]c2ccccc2nc1-c1cc2ccc(F)cc2[nH]1. The number of aromatic amines is 2. The van der Waals surface area contributed by atoms with Gasteiger partial charge in [-0.15, -0.1) is 0 Å². The Labute approximate surface area is 118 Å². The largest absolute Gasteiger partial charge is 0.353 e. The van der Waals surface area contributed by atoms with Gasteiger partial charge in [0, 0.05) is 10.9 Å². The van der Waals surface area contributed by atoms with Crippen LogP contribution in [0.3, 0.4) is 0 Å². The molecular formula is C16H10FN3O. The maximum absolute atomic E-state index is 13.2. The molecule has 4 nitrogen and oxygen atoms in total. The van der Waals surface area contributed by atoms with Gasteiger partial charge in [0.05, 0.1) is 16.7 Å². The molecule has 21 heavy (non-hydrogen) atoms. The minimum Gasteiger partial charge on any atom is -0.353 e. The van der Waals surface area contributed by atoms with Crippen LogP contribution in [0.2, 0.25) is 0 Å². The van der Waals surface area contributed by atoms with Crippen LogP contribution in [0, 0.1) is 5.82 Å². The third kappa shape index (κ3) is 1.90. The highest BCUT2D eigenvalue weighted by Crippen LogP contribution is 2.22. The van der Waals surface area contributed by atoms with Gasteiger partial charge in [-0.2, -0.15) is 0 Å². The molecule has 0 fully saturated rings. The molecule has 5 heteroatoms. The van der Waals surface area contributed by atoms with Crippen LogP contribution in [0.15, 0.2) is 53.3 Å². The predicted octanol–water partition coefficient (Wildman–Crippen LogP) is 3.21. The number of benzene rings is 2. The first-order valence-electron chi connectivity index (χ1n) is 6.48. The summed E-state index contributed by atoms with van der Waals surface area (Å²) in [6.07, 6.45) is 0. The first kappa shape index (κ1) is 11.8. The van der Waals surface area contributed by atoms with E-state index in [9.17, 15) is 9.18 Å². The molecule has 4 aromatic rings. The van der Waals surface area contributed by atoms with Gasteiger partial charge in [0.15, 0.2) is 5.69 Å². The molecule has 0 unspecified atom stereocenters. The van der Waals surface area contributed by atoms with Crippen molar-refractivity contribution in [1.82, 2.24) is 15.0 Å². The van der Waals surface area contributed by atoms with Gasteiger partial charge in [0.25, 0.3) is 5.56 Å². The zero-order valence-corrected chi connectivity index (χ0v) is 10.9. The molecule has 2 aromatic heterocycles. The van der Waals surface area contributed by atoms with Crippen molar-refractivity contribution in [2.24, 2.45) is 0 Å². The van der Waals surface area contributed by atoms with Gasteiger partial charge in [-0.05, 0) is 36.4 Å². The Balaban J connectivity index is 1.99. The molecule has 0 aliphatic heterocycles. The minimum absolute atomic E-state index is 0.277.